The molecular weight excluding hydrogens is 224 g/mol. The number of amides is 1. The normalized spacial score (nSPS) is 21.6. The van der Waals surface area contributed by atoms with E-state index in [0.717, 1.165) is 6.42 Å². The number of nitrogens with two attached hydrogens (primary N) is 1. The molecule has 88 valence electrons. The zero-order valence-corrected chi connectivity index (χ0v) is 10.4. The van der Waals surface area contributed by atoms with Crippen LogP contribution < -0.4 is 16.4 Å². The minimum atomic E-state index is -0.118. The van der Waals surface area contributed by atoms with Crippen LogP contribution in [-0.2, 0) is 0 Å². The molecule has 1 heterocycles. The Bertz CT molecular complexity index is 426. The number of carbonyl (C=O) groups is 1. The number of anilines is 2. The molecule has 1 aromatic heterocycles. The molecule has 1 atom stereocenters. The molecule has 0 bridgehead atoms. The van der Waals surface area contributed by atoms with Crippen molar-refractivity contribution in [2.45, 2.75) is 26.3 Å². The summed E-state index contributed by atoms with van der Waals surface area (Å²) >= 11 is 1.28. The fraction of sp³-hybridized carbons (Fsp3) is 0.600. The van der Waals surface area contributed by atoms with Gasteiger partial charge in [-0.15, -0.1) is 0 Å². The van der Waals surface area contributed by atoms with Crippen LogP contribution in [0.25, 0.3) is 0 Å². The largest absolute Gasteiger partial charge is 0.382 e. The van der Waals surface area contributed by atoms with Crippen molar-refractivity contribution in [1.82, 2.24) is 10.3 Å². The van der Waals surface area contributed by atoms with E-state index in [4.69, 9.17) is 5.73 Å². The first-order valence-electron chi connectivity index (χ1n) is 5.19. The van der Waals surface area contributed by atoms with Crippen molar-refractivity contribution in [1.29, 1.82) is 0 Å². The standard InChI is InChI=1S/C10H16N4OS/c1-10(2)4-5(10)13-8(15)6-7(11)14-9(12-3)16-6/h5H,4,11H2,1-3H3,(H,12,14)(H,13,15). The van der Waals surface area contributed by atoms with Crippen molar-refractivity contribution in [3.05, 3.63) is 4.88 Å². The molecule has 1 aromatic rings. The monoisotopic (exact) mass is 240 g/mol. The van der Waals surface area contributed by atoms with Crippen LogP contribution in [0.5, 0.6) is 0 Å². The molecular formula is C10H16N4OS. The SMILES string of the molecule is CNc1nc(N)c(C(=O)NC2CC2(C)C)s1. The van der Waals surface area contributed by atoms with Gasteiger partial charge in [0.05, 0.1) is 0 Å². The maximum absolute atomic E-state index is 11.9. The maximum atomic E-state index is 11.9. The molecule has 0 aromatic carbocycles. The van der Waals surface area contributed by atoms with Crippen LogP contribution in [0.3, 0.4) is 0 Å². The number of hydrogen-bond donors (Lipinski definition) is 3. The predicted octanol–water partition coefficient (Wildman–Crippen LogP) is 1.30. The van der Waals surface area contributed by atoms with Crippen LogP contribution in [0.15, 0.2) is 0 Å². The molecule has 0 radical (unpaired) electrons. The zero-order chi connectivity index (χ0) is 11.9. The Hall–Kier alpha value is -1.30. The molecule has 4 N–H and O–H groups in total. The van der Waals surface area contributed by atoms with Gasteiger partial charge in [-0.25, -0.2) is 4.98 Å². The van der Waals surface area contributed by atoms with E-state index in [1.165, 1.54) is 11.3 Å². The lowest BCUT2D eigenvalue weighted by molar-refractivity contribution is 0.0951. The van der Waals surface area contributed by atoms with E-state index in [0.29, 0.717) is 15.8 Å². The van der Waals surface area contributed by atoms with Gasteiger partial charge in [0.2, 0.25) is 0 Å². The fourth-order valence-electron chi connectivity index (χ4n) is 1.54. The molecule has 1 aliphatic rings. The molecule has 16 heavy (non-hydrogen) atoms. The summed E-state index contributed by atoms with van der Waals surface area (Å²) in [6.07, 6.45) is 1.02. The summed E-state index contributed by atoms with van der Waals surface area (Å²) in [5.41, 5.74) is 5.90. The molecule has 0 saturated heterocycles. The molecule has 1 unspecified atom stereocenters. The summed E-state index contributed by atoms with van der Waals surface area (Å²) in [5, 5.41) is 6.50. The summed E-state index contributed by atoms with van der Waals surface area (Å²) in [6, 6.07) is 0.263. The van der Waals surface area contributed by atoms with Crippen molar-refractivity contribution in [2.75, 3.05) is 18.1 Å². The topological polar surface area (TPSA) is 80.0 Å². The molecule has 2 rings (SSSR count). The molecule has 1 fully saturated rings. The molecule has 5 nitrogen and oxygen atoms in total. The van der Waals surface area contributed by atoms with Gasteiger partial charge >= 0.3 is 0 Å². The van der Waals surface area contributed by atoms with E-state index in [-0.39, 0.29) is 17.4 Å². The number of thiazole rings is 1. The summed E-state index contributed by atoms with van der Waals surface area (Å²) in [5.74, 6) is 0.178. The number of nitrogens with zero attached hydrogens (tertiary/aromatic N) is 1. The lowest BCUT2D eigenvalue weighted by atomic mass is 10.2. The Morgan fingerprint density at radius 1 is 1.62 bits per heavy atom. The highest BCUT2D eigenvalue weighted by molar-refractivity contribution is 7.18. The summed E-state index contributed by atoms with van der Waals surface area (Å²) in [6.45, 7) is 4.26. The summed E-state index contributed by atoms with van der Waals surface area (Å²) in [4.78, 5) is 16.4. The molecule has 1 aliphatic carbocycles. The van der Waals surface area contributed by atoms with Crippen molar-refractivity contribution in [3.8, 4) is 0 Å². The van der Waals surface area contributed by atoms with Crippen LogP contribution >= 0.6 is 11.3 Å². The highest BCUT2D eigenvalue weighted by Crippen LogP contribution is 2.44. The minimum Gasteiger partial charge on any atom is -0.382 e. The number of nitrogens with one attached hydrogen (secondary N) is 2. The Morgan fingerprint density at radius 2 is 2.25 bits per heavy atom. The number of rotatable bonds is 3. The quantitative estimate of drug-likeness (QED) is 0.744. The number of aromatic nitrogens is 1. The highest BCUT2D eigenvalue weighted by atomic mass is 32.1. The van der Waals surface area contributed by atoms with Crippen LogP contribution in [0.1, 0.15) is 29.9 Å². The molecule has 1 saturated carbocycles. The molecule has 0 spiro atoms. The van der Waals surface area contributed by atoms with Gasteiger partial charge in [0.15, 0.2) is 5.13 Å². The van der Waals surface area contributed by atoms with Gasteiger partial charge in [0.25, 0.3) is 5.91 Å². The zero-order valence-electron chi connectivity index (χ0n) is 9.63. The first-order valence-corrected chi connectivity index (χ1v) is 6.00. The number of hydrogen-bond acceptors (Lipinski definition) is 5. The van der Waals surface area contributed by atoms with Gasteiger partial charge in [0.1, 0.15) is 10.7 Å². The van der Waals surface area contributed by atoms with Crippen molar-refractivity contribution < 1.29 is 4.79 Å². The smallest absolute Gasteiger partial charge is 0.265 e. The van der Waals surface area contributed by atoms with Gasteiger partial charge in [-0.1, -0.05) is 25.2 Å². The Morgan fingerprint density at radius 3 is 2.69 bits per heavy atom. The summed E-state index contributed by atoms with van der Waals surface area (Å²) in [7, 11) is 1.75. The molecule has 1 amide bonds. The van der Waals surface area contributed by atoms with Gasteiger partial charge < -0.3 is 16.4 Å². The maximum Gasteiger partial charge on any atom is 0.265 e. The Balaban J connectivity index is 2.06. The highest BCUT2D eigenvalue weighted by Gasteiger charge is 2.46. The van der Waals surface area contributed by atoms with Crippen LogP contribution in [0.2, 0.25) is 0 Å². The van der Waals surface area contributed by atoms with Crippen molar-refractivity contribution in [2.24, 2.45) is 5.41 Å². The van der Waals surface area contributed by atoms with Gasteiger partial charge in [-0.2, -0.15) is 0 Å². The van der Waals surface area contributed by atoms with E-state index >= 15 is 0 Å². The lowest BCUT2D eigenvalue weighted by Crippen LogP contribution is -2.28. The van der Waals surface area contributed by atoms with Gasteiger partial charge in [-0.3, -0.25) is 4.79 Å². The fourth-order valence-corrected chi connectivity index (χ4v) is 2.28. The predicted molar refractivity (Wildman–Crippen MR) is 65.7 cm³/mol. The van der Waals surface area contributed by atoms with Crippen molar-refractivity contribution in [3.63, 3.8) is 0 Å². The Labute approximate surface area is 98.4 Å². The number of carbonyl (C=O) groups excluding carboxylic acids is 1. The van der Waals surface area contributed by atoms with E-state index in [1.54, 1.807) is 7.05 Å². The van der Waals surface area contributed by atoms with Gasteiger partial charge in [-0.05, 0) is 11.8 Å². The molecule has 6 heteroatoms. The third-order valence-corrected chi connectivity index (χ3v) is 3.98. The van der Waals surface area contributed by atoms with E-state index in [9.17, 15) is 4.79 Å². The van der Waals surface area contributed by atoms with Crippen molar-refractivity contribution >= 4 is 28.2 Å². The first kappa shape index (κ1) is 11.2. The minimum absolute atomic E-state index is 0.118. The van der Waals surface area contributed by atoms with Crippen LogP contribution in [0, 0.1) is 5.41 Å². The second kappa shape index (κ2) is 3.62. The van der Waals surface area contributed by atoms with Gasteiger partial charge in [0, 0.05) is 13.1 Å². The second-order valence-corrected chi connectivity index (χ2v) is 5.70. The third kappa shape index (κ3) is 1.97. The average molecular weight is 240 g/mol. The Kier molecular flexibility index (Phi) is 2.53. The lowest BCUT2D eigenvalue weighted by Gasteiger charge is -2.05. The number of nitrogen functional groups attached to an aromatic ring is 1. The molecule has 0 aliphatic heterocycles. The van der Waals surface area contributed by atoms with E-state index in [2.05, 4.69) is 29.5 Å². The summed E-state index contributed by atoms with van der Waals surface area (Å²) < 4.78 is 0. The van der Waals surface area contributed by atoms with Crippen LogP contribution in [0.4, 0.5) is 10.9 Å². The first-order chi connectivity index (χ1) is 7.44. The van der Waals surface area contributed by atoms with E-state index < -0.39 is 0 Å². The third-order valence-electron chi connectivity index (χ3n) is 2.89. The second-order valence-electron chi connectivity index (χ2n) is 4.70. The van der Waals surface area contributed by atoms with E-state index in [1.807, 2.05) is 0 Å². The van der Waals surface area contributed by atoms with Crippen LogP contribution in [-0.4, -0.2) is 24.0 Å². The average Bonchev–Trinajstić information content (AvgIpc) is 2.64.